The Kier molecular flexibility index (Phi) is 5.03. The van der Waals surface area contributed by atoms with Gasteiger partial charge in [-0.05, 0) is 17.0 Å². The molecule has 1 aliphatic heterocycles. The first-order chi connectivity index (χ1) is 14.0. The number of aliphatic hydroxyl groups excluding tert-OH is 1. The zero-order valence-electron chi connectivity index (χ0n) is 16.1. The molecule has 3 aromatic rings. The van der Waals surface area contributed by atoms with Crippen LogP contribution in [-0.2, 0) is 9.59 Å². The lowest BCUT2D eigenvalue weighted by atomic mass is 9.93. The smallest absolute Gasteiger partial charge is 0.301 e. The number of nitrogens with zero attached hydrogens (tertiary/aromatic N) is 2. The molecule has 1 aromatic heterocycles. The Morgan fingerprint density at radius 1 is 1.07 bits per heavy atom. The average molecular weight is 404 g/mol. The monoisotopic (exact) mass is 404 g/mol. The minimum absolute atomic E-state index is 0.0775. The van der Waals surface area contributed by atoms with Crippen LogP contribution >= 0.6 is 11.3 Å². The lowest BCUT2D eigenvalue weighted by Gasteiger charge is -2.23. The number of aromatic nitrogens is 1. The van der Waals surface area contributed by atoms with Gasteiger partial charge in [0.15, 0.2) is 5.13 Å². The lowest BCUT2D eigenvalue weighted by molar-refractivity contribution is -0.132. The van der Waals surface area contributed by atoms with Crippen LogP contribution in [0.4, 0.5) is 5.13 Å². The summed E-state index contributed by atoms with van der Waals surface area (Å²) in [5.41, 5.74) is 2.48. The molecule has 0 aliphatic carbocycles. The third-order valence-electron chi connectivity index (χ3n) is 5.04. The van der Waals surface area contributed by atoms with Gasteiger partial charge in [-0.2, -0.15) is 0 Å². The van der Waals surface area contributed by atoms with Gasteiger partial charge in [0.25, 0.3) is 5.78 Å². The van der Waals surface area contributed by atoms with Crippen LogP contribution in [0.15, 0.2) is 71.7 Å². The fraction of sp³-hybridized carbons (Fsp3) is 0.174. The molecule has 1 atom stereocenters. The van der Waals surface area contributed by atoms with Crippen molar-refractivity contribution in [1.29, 1.82) is 0 Å². The van der Waals surface area contributed by atoms with Gasteiger partial charge in [0.2, 0.25) is 0 Å². The van der Waals surface area contributed by atoms with Crippen molar-refractivity contribution in [2.45, 2.75) is 25.8 Å². The number of Topliss-reactive ketones (excluding diaryl/α,β-unsaturated/α-hetero) is 1. The van der Waals surface area contributed by atoms with Gasteiger partial charge in [-0.25, -0.2) is 4.98 Å². The van der Waals surface area contributed by atoms with Crippen LogP contribution in [0, 0.1) is 0 Å². The number of hydrogen-bond acceptors (Lipinski definition) is 5. The lowest BCUT2D eigenvalue weighted by Crippen LogP contribution is -2.29. The van der Waals surface area contributed by atoms with Crippen LogP contribution in [0.5, 0.6) is 0 Å². The normalized spacial score (nSPS) is 18.6. The first-order valence-electron chi connectivity index (χ1n) is 9.35. The van der Waals surface area contributed by atoms with Crippen molar-refractivity contribution >= 4 is 33.9 Å². The van der Waals surface area contributed by atoms with Crippen LogP contribution < -0.4 is 4.90 Å². The van der Waals surface area contributed by atoms with Gasteiger partial charge in [-0.3, -0.25) is 14.5 Å². The van der Waals surface area contributed by atoms with Gasteiger partial charge < -0.3 is 5.11 Å². The van der Waals surface area contributed by atoms with Crippen LogP contribution in [-0.4, -0.2) is 21.8 Å². The van der Waals surface area contributed by atoms with Crippen molar-refractivity contribution in [2.75, 3.05) is 4.90 Å². The van der Waals surface area contributed by atoms with Gasteiger partial charge in [0, 0.05) is 17.1 Å². The van der Waals surface area contributed by atoms with Crippen molar-refractivity contribution < 1.29 is 14.7 Å². The fourth-order valence-corrected chi connectivity index (χ4v) is 4.16. The summed E-state index contributed by atoms with van der Waals surface area (Å²) in [6.07, 6.45) is 1.59. The van der Waals surface area contributed by atoms with Crippen LogP contribution in [0.3, 0.4) is 0 Å². The molecule has 146 valence electrons. The quantitative estimate of drug-likeness (QED) is 0.382. The summed E-state index contributed by atoms with van der Waals surface area (Å²) >= 11 is 1.28. The van der Waals surface area contributed by atoms with Crippen LogP contribution in [0.2, 0.25) is 0 Å². The zero-order chi connectivity index (χ0) is 20.5. The second-order valence-electron chi connectivity index (χ2n) is 7.17. The molecular weight excluding hydrogens is 384 g/mol. The van der Waals surface area contributed by atoms with E-state index < -0.39 is 17.7 Å². The molecule has 1 fully saturated rings. The maximum atomic E-state index is 13.0. The van der Waals surface area contributed by atoms with E-state index in [0.29, 0.717) is 16.6 Å². The average Bonchev–Trinajstić information content (AvgIpc) is 3.35. The molecule has 0 bridgehead atoms. The molecule has 6 heteroatoms. The zero-order valence-corrected chi connectivity index (χ0v) is 16.9. The summed E-state index contributed by atoms with van der Waals surface area (Å²) in [5.74, 6) is -1.21. The molecule has 1 N–H and O–H groups in total. The van der Waals surface area contributed by atoms with Crippen molar-refractivity contribution in [3.05, 3.63) is 88.4 Å². The SMILES string of the molecule is CC(C)c1ccc(C2/C(=C(\O)c3ccccc3)C(=O)C(=O)N2c2nccs2)cc1. The predicted octanol–water partition coefficient (Wildman–Crippen LogP) is 4.89. The summed E-state index contributed by atoms with van der Waals surface area (Å²) in [5, 5.41) is 13.1. The molecule has 2 aromatic carbocycles. The number of hydrogen-bond donors (Lipinski definition) is 1. The van der Waals surface area contributed by atoms with E-state index in [0.717, 1.165) is 11.1 Å². The van der Waals surface area contributed by atoms with Gasteiger partial charge in [-0.15, -0.1) is 11.3 Å². The molecular formula is C23H20N2O3S. The number of carbonyl (C=O) groups is 2. The van der Waals surface area contributed by atoms with E-state index >= 15 is 0 Å². The van der Waals surface area contributed by atoms with Crippen LogP contribution in [0.1, 0.15) is 42.5 Å². The highest BCUT2D eigenvalue weighted by Crippen LogP contribution is 2.42. The summed E-state index contributed by atoms with van der Waals surface area (Å²) in [4.78, 5) is 31.5. The topological polar surface area (TPSA) is 70.5 Å². The third kappa shape index (κ3) is 3.36. The van der Waals surface area contributed by atoms with E-state index in [1.165, 1.54) is 16.2 Å². The Balaban J connectivity index is 1.91. The predicted molar refractivity (Wildman–Crippen MR) is 114 cm³/mol. The fourth-order valence-electron chi connectivity index (χ4n) is 3.49. The standard InChI is InChI=1S/C23H20N2O3S/c1-14(2)15-8-10-16(11-9-15)19-18(20(26)17-6-4-3-5-7-17)21(27)22(28)25(19)23-24-12-13-29-23/h3-14,19,26H,1-2H3/b20-18+. The molecule has 1 saturated heterocycles. The molecule has 1 amide bonds. The number of amides is 1. The molecule has 1 unspecified atom stereocenters. The summed E-state index contributed by atoms with van der Waals surface area (Å²) < 4.78 is 0. The number of ketones is 1. The Morgan fingerprint density at radius 2 is 1.76 bits per heavy atom. The number of anilines is 1. The van der Waals surface area contributed by atoms with Crippen molar-refractivity contribution in [1.82, 2.24) is 4.98 Å². The highest BCUT2D eigenvalue weighted by atomic mass is 32.1. The number of thiazole rings is 1. The highest BCUT2D eigenvalue weighted by molar-refractivity contribution is 7.14. The first kappa shape index (κ1) is 19.1. The van der Waals surface area contributed by atoms with E-state index in [4.69, 9.17) is 0 Å². The van der Waals surface area contributed by atoms with E-state index in [9.17, 15) is 14.7 Å². The van der Waals surface area contributed by atoms with E-state index in [-0.39, 0.29) is 11.3 Å². The number of aliphatic hydroxyl groups is 1. The summed E-state index contributed by atoms with van der Waals surface area (Å²) in [6.45, 7) is 4.21. The van der Waals surface area contributed by atoms with Gasteiger partial charge >= 0.3 is 5.91 Å². The molecule has 4 rings (SSSR count). The molecule has 0 saturated carbocycles. The highest BCUT2D eigenvalue weighted by Gasteiger charge is 2.47. The largest absolute Gasteiger partial charge is 0.507 e. The Morgan fingerprint density at radius 3 is 2.34 bits per heavy atom. The van der Waals surface area contributed by atoms with E-state index in [2.05, 4.69) is 18.8 Å². The van der Waals surface area contributed by atoms with Crippen molar-refractivity contribution in [2.24, 2.45) is 0 Å². The minimum atomic E-state index is -0.734. The summed E-state index contributed by atoms with van der Waals surface area (Å²) in [6, 6.07) is 15.9. The molecule has 1 aliphatic rings. The third-order valence-corrected chi connectivity index (χ3v) is 5.81. The van der Waals surface area contributed by atoms with Gasteiger partial charge in [0.05, 0.1) is 11.6 Å². The molecule has 29 heavy (non-hydrogen) atoms. The first-order valence-corrected chi connectivity index (χ1v) is 10.2. The molecule has 2 heterocycles. The molecule has 0 spiro atoms. The maximum absolute atomic E-state index is 13.0. The maximum Gasteiger partial charge on any atom is 0.301 e. The van der Waals surface area contributed by atoms with Gasteiger partial charge in [-0.1, -0.05) is 68.4 Å². The summed E-state index contributed by atoms with van der Waals surface area (Å²) in [7, 11) is 0. The van der Waals surface area contributed by atoms with E-state index in [1.807, 2.05) is 30.3 Å². The Hall–Kier alpha value is -3.25. The Bertz CT molecular complexity index is 1070. The Labute approximate surface area is 173 Å². The van der Waals surface area contributed by atoms with Crippen molar-refractivity contribution in [3.63, 3.8) is 0 Å². The van der Waals surface area contributed by atoms with Crippen molar-refractivity contribution in [3.8, 4) is 0 Å². The number of carbonyl (C=O) groups excluding carboxylic acids is 2. The number of rotatable bonds is 4. The van der Waals surface area contributed by atoms with E-state index in [1.54, 1.807) is 35.8 Å². The van der Waals surface area contributed by atoms with Crippen LogP contribution in [0.25, 0.3) is 5.76 Å². The second kappa shape index (κ2) is 7.64. The van der Waals surface area contributed by atoms with Gasteiger partial charge in [0.1, 0.15) is 5.76 Å². The molecule has 5 nitrogen and oxygen atoms in total. The minimum Gasteiger partial charge on any atom is -0.507 e. The number of benzene rings is 2. The molecule has 0 radical (unpaired) electrons. The second-order valence-corrected chi connectivity index (χ2v) is 8.04.